The molecule has 150 valence electrons. The summed E-state index contributed by atoms with van der Waals surface area (Å²) in [7, 11) is 0. The summed E-state index contributed by atoms with van der Waals surface area (Å²) in [6.45, 7) is 0. The first-order chi connectivity index (χ1) is 15.3. The normalized spacial score (nSPS) is 11.3. The Morgan fingerprint density at radius 2 is 1.35 bits per heavy atom. The predicted molar refractivity (Wildman–Crippen MR) is 125 cm³/mol. The van der Waals surface area contributed by atoms with Gasteiger partial charge in [-0.05, 0) is 41.5 Å². The Balaban J connectivity index is 1.79. The van der Waals surface area contributed by atoms with Crippen molar-refractivity contribution >= 4 is 17.8 Å². The Hall–Kier alpha value is -3.96. The molecule has 3 aromatic carbocycles. The van der Waals surface area contributed by atoms with E-state index < -0.39 is 0 Å². The second kappa shape index (κ2) is 8.42. The molecule has 0 fully saturated rings. The fourth-order valence-electron chi connectivity index (χ4n) is 3.58. The fourth-order valence-corrected chi connectivity index (χ4v) is 3.71. The van der Waals surface area contributed by atoms with Crippen LogP contribution in [-0.2, 0) is 0 Å². The van der Waals surface area contributed by atoms with E-state index in [2.05, 4.69) is 50.2 Å². The van der Waals surface area contributed by atoms with Gasteiger partial charge in [0.15, 0.2) is 0 Å². The lowest BCUT2D eigenvalue weighted by Crippen LogP contribution is -2.00. The Morgan fingerprint density at radius 1 is 0.742 bits per heavy atom. The highest BCUT2D eigenvalue weighted by molar-refractivity contribution is 6.30. The highest BCUT2D eigenvalue weighted by atomic mass is 35.5. The Kier molecular flexibility index (Phi) is 5.17. The zero-order valence-corrected chi connectivity index (χ0v) is 17.3. The number of rotatable bonds is 5. The number of nitrogens with zero attached hydrogens (tertiary/aromatic N) is 5. The molecule has 0 aliphatic heterocycles. The molecule has 31 heavy (non-hydrogen) atoms. The van der Waals surface area contributed by atoms with Crippen molar-refractivity contribution in [3.8, 4) is 28.2 Å². The number of aromatic nitrogens is 4. The van der Waals surface area contributed by atoms with Crippen molar-refractivity contribution in [2.75, 3.05) is 0 Å². The summed E-state index contributed by atoms with van der Waals surface area (Å²) >= 11 is 6.18. The maximum atomic E-state index is 6.18. The van der Waals surface area contributed by atoms with E-state index in [-0.39, 0.29) is 0 Å². The fraction of sp³-hybridized carbons (Fsp3) is 0. The summed E-state index contributed by atoms with van der Waals surface area (Å²) in [4.78, 5) is 0. The molecular formula is C25H18ClN5. The summed E-state index contributed by atoms with van der Waals surface area (Å²) in [5, 5.41) is 12.9. The lowest BCUT2D eigenvalue weighted by atomic mass is 10.1. The van der Waals surface area contributed by atoms with Gasteiger partial charge in [0.25, 0.3) is 0 Å². The maximum Gasteiger partial charge on any atom is 0.141 e. The number of benzene rings is 3. The zero-order valence-electron chi connectivity index (χ0n) is 16.5. The molecule has 0 aliphatic rings. The van der Waals surface area contributed by atoms with E-state index in [1.165, 1.54) is 0 Å². The Morgan fingerprint density at radius 3 is 2.00 bits per heavy atom. The molecule has 6 heteroatoms. The molecule has 5 nitrogen and oxygen atoms in total. The van der Waals surface area contributed by atoms with Crippen LogP contribution in [-0.4, -0.2) is 25.7 Å². The van der Waals surface area contributed by atoms with Gasteiger partial charge in [-0.15, -0.1) is 10.2 Å². The smallest absolute Gasteiger partial charge is 0.141 e. The Labute approximate surface area is 184 Å². The quantitative estimate of drug-likeness (QED) is 0.328. The third-order valence-corrected chi connectivity index (χ3v) is 5.22. The SMILES string of the molecule is Clc1ccc(-n2c(-c3ccccc3)cc(/C=N\n3cnnc3)c2-c2ccccc2)cc1. The zero-order chi connectivity index (χ0) is 21.0. The first-order valence-corrected chi connectivity index (χ1v) is 10.2. The van der Waals surface area contributed by atoms with Gasteiger partial charge in [0.05, 0.1) is 17.6 Å². The van der Waals surface area contributed by atoms with Crippen molar-refractivity contribution < 1.29 is 0 Å². The molecule has 0 amide bonds. The summed E-state index contributed by atoms with van der Waals surface area (Å²) < 4.78 is 3.82. The van der Waals surface area contributed by atoms with Gasteiger partial charge in [-0.2, -0.15) is 5.10 Å². The molecule has 0 saturated heterocycles. The summed E-state index contributed by atoms with van der Waals surface area (Å²) in [6.07, 6.45) is 4.96. The first kappa shape index (κ1) is 19.0. The maximum absolute atomic E-state index is 6.18. The molecule has 5 rings (SSSR count). The predicted octanol–water partition coefficient (Wildman–Crippen LogP) is 5.94. The van der Waals surface area contributed by atoms with Crippen molar-refractivity contribution in [1.82, 2.24) is 19.4 Å². The van der Waals surface area contributed by atoms with Crippen LogP contribution in [0, 0.1) is 0 Å². The summed E-state index contributed by atoms with van der Waals surface area (Å²) in [6, 6.07) is 30.7. The highest BCUT2D eigenvalue weighted by Crippen LogP contribution is 2.35. The van der Waals surface area contributed by atoms with Crippen molar-refractivity contribution in [3.63, 3.8) is 0 Å². The van der Waals surface area contributed by atoms with Crippen molar-refractivity contribution in [2.45, 2.75) is 0 Å². The van der Waals surface area contributed by atoms with E-state index in [1.807, 2.05) is 66.9 Å². The first-order valence-electron chi connectivity index (χ1n) is 9.81. The second-order valence-electron chi connectivity index (χ2n) is 6.96. The molecule has 0 aliphatic carbocycles. The van der Waals surface area contributed by atoms with Gasteiger partial charge >= 0.3 is 0 Å². The van der Waals surface area contributed by atoms with E-state index in [0.29, 0.717) is 5.02 Å². The molecule has 0 radical (unpaired) electrons. The lowest BCUT2D eigenvalue weighted by Gasteiger charge is -2.15. The molecule has 0 unspecified atom stereocenters. The molecule has 0 saturated carbocycles. The van der Waals surface area contributed by atoms with Gasteiger partial charge in [0.1, 0.15) is 12.7 Å². The minimum atomic E-state index is 0.702. The van der Waals surface area contributed by atoms with Gasteiger partial charge in [-0.3, -0.25) is 0 Å². The molecule has 0 spiro atoms. The second-order valence-corrected chi connectivity index (χ2v) is 7.40. The average Bonchev–Trinajstić information content (AvgIpc) is 3.47. The van der Waals surface area contributed by atoms with Gasteiger partial charge in [-0.25, -0.2) is 4.68 Å². The minimum absolute atomic E-state index is 0.702. The average molecular weight is 424 g/mol. The van der Waals surface area contributed by atoms with Crippen LogP contribution in [0.5, 0.6) is 0 Å². The minimum Gasteiger partial charge on any atom is -0.309 e. The van der Waals surface area contributed by atoms with E-state index >= 15 is 0 Å². The van der Waals surface area contributed by atoms with Crippen molar-refractivity contribution in [2.24, 2.45) is 5.10 Å². The van der Waals surface area contributed by atoms with Gasteiger partial charge in [0, 0.05) is 16.3 Å². The summed E-state index contributed by atoms with van der Waals surface area (Å²) in [5.74, 6) is 0. The topological polar surface area (TPSA) is 48.0 Å². The van der Waals surface area contributed by atoms with E-state index in [0.717, 1.165) is 33.8 Å². The van der Waals surface area contributed by atoms with Gasteiger partial charge in [-0.1, -0.05) is 72.3 Å². The molecule has 2 aromatic heterocycles. The van der Waals surface area contributed by atoms with Crippen LogP contribution in [0.25, 0.3) is 28.2 Å². The van der Waals surface area contributed by atoms with Gasteiger partial charge < -0.3 is 4.57 Å². The monoisotopic (exact) mass is 423 g/mol. The van der Waals surface area contributed by atoms with E-state index in [1.54, 1.807) is 17.3 Å². The lowest BCUT2D eigenvalue weighted by molar-refractivity contribution is 0.878. The van der Waals surface area contributed by atoms with E-state index in [9.17, 15) is 0 Å². The number of hydrogen-bond acceptors (Lipinski definition) is 3. The molecule has 0 atom stereocenters. The van der Waals surface area contributed by atoms with Crippen LogP contribution in [0.1, 0.15) is 5.56 Å². The molecule has 5 aromatic rings. The van der Waals surface area contributed by atoms with Crippen molar-refractivity contribution in [1.29, 1.82) is 0 Å². The van der Waals surface area contributed by atoms with Crippen LogP contribution in [0.15, 0.2) is 109 Å². The van der Waals surface area contributed by atoms with E-state index in [4.69, 9.17) is 11.6 Å². The molecular weight excluding hydrogens is 406 g/mol. The molecule has 0 N–H and O–H groups in total. The Bertz CT molecular complexity index is 1310. The number of hydrogen-bond donors (Lipinski definition) is 0. The van der Waals surface area contributed by atoms with Gasteiger partial charge in [0.2, 0.25) is 0 Å². The largest absolute Gasteiger partial charge is 0.309 e. The summed E-state index contributed by atoms with van der Waals surface area (Å²) in [5.41, 5.74) is 6.30. The third-order valence-electron chi connectivity index (χ3n) is 4.97. The highest BCUT2D eigenvalue weighted by Gasteiger charge is 2.18. The molecule has 2 heterocycles. The number of halogens is 1. The van der Waals surface area contributed by atoms with Crippen LogP contribution in [0.2, 0.25) is 5.02 Å². The van der Waals surface area contributed by atoms with Crippen LogP contribution in [0.3, 0.4) is 0 Å². The molecule has 0 bridgehead atoms. The standard InChI is InChI=1S/C25H18ClN5/c26-22-11-13-23(14-12-22)31-24(19-7-3-1-4-8-19)15-21(16-29-30-17-27-28-18-30)25(31)20-9-5-2-6-10-20/h1-18H/b29-16-. The third kappa shape index (κ3) is 3.91. The van der Waals surface area contributed by atoms with Crippen LogP contribution in [0.4, 0.5) is 0 Å². The van der Waals surface area contributed by atoms with Crippen molar-refractivity contribution in [3.05, 3.63) is 114 Å². The van der Waals surface area contributed by atoms with Crippen LogP contribution >= 0.6 is 11.6 Å². The van der Waals surface area contributed by atoms with Crippen LogP contribution < -0.4 is 0 Å².